The van der Waals surface area contributed by atoms with E-state index in [0.29, 0.717) is 19.7 Å². The summed E-state index contributed by atoms with van der Waals surface area (Å²) in [6, 6.07) is 5.84. The highest BCUT2D eigenvalue weighted by Gasteiger charge is 2.20. The summed E-state index contributed by atoms with van der Waals surface area (Å²) in [6.45, 7) is 5.94. The number of aromatic nitrogens is 2. The summed E-state index contributed by atoms with van der Waals surface area (Å²) in [5.41, 5.74) is 3.95. The van der Waals surface area contributed by atoms with E-state index in [2.05, 4.69) is 21.4 Å². The molecule has 0 unspecified atom stereocenters. The van der Waals surface area contributed by atoms with Gasteiger partial charge < -0.3 is 15.0 Å². The largest absolute Gasteiger partial charge is 0.493 e. The highest BCUT2D eigenvalue weighted by molar-refractivity contribution is 5.93. The Labute approximate surface area is 147 Å². The number of fused-ring (bicyclic) bond motifs is 1. The van der Waals surface area contributed by atoms with Crippen LogP contribution in [-0.4, -0.2) is 35.7 Å². The molecule has 0 saturated heterocycles. The van der Waals surface area contributed by atoms with Crippen molar-refractivity contribution >= 4 is 23.4 Å². The molecule has 0 atom stereocenters. The Morgan fingerprint density at radius 2 is 2.32 bits per heavy atom. The van der Waals surface area contributed by atoms with Gasteiger partial charge in [0.05, 0.1) is 18.6 Å². The lowest BCUT2D eigenvalue weighted by atomic mass is 9.98. The SMILES string of the molecule is CCCNC(=O)N(CC)c1ccc2c(c1)/C(=C/c1c[nH]cn1)CCO2. The van der Waals surface area contributed by atoms with Crippen LogP contribution in [0.25, 0.3) is 11.6 Å². The average molecular weight is 340 g/mol. The van der Waals surface area contributed by atoms with Gasteiger partial charge >= 0.3 is 6.03 Å². The predicted octanol–water partition coefficient (Wildman–Crippen LogP) is 3.68. The number of ether oxygens (including phenoxy) is 1. The number of hydrogen-bond acceptors (Lipinski definition) is 3. The second-order valence-electron chi connectivity index (χ2n) is 5.92. The average Bonchev–Trinajstić information content (AvgIpc) is 3.14. The Balaban J connectivity index is 1.92. The lowest BCUT2D eigenvalue weighted by Gasteiger charge is -2.25. The highest BCUT2D eigenvalue weighted by Crippen LogP contribution is 2.36. The van der Waals surface area contributed by atoms with Gasteiger partial charge in [0.1, 0.15) is 5.75 Å². The Morgan fingerprint density at radius 3 is 3.04 bits per heavy atom. The molecule has 3 rings (SSSR count). The van der Waals surface area contributed by atoms with Crippen LogP contribution in [0.5, 0.6) is 5.75 Å². The molecular weight excluding hydrogens is 316 g/mol. The fourth-order valence-electron chi connectivity index (χ4n) is 2.92. The normalized spacial score (nSPS) is 14.7. The quantitative estimate of drug-likeness (QED) is 0.872. The van der Waals surface area contributed by atoms with Gasteiger partial charge in [0.25, 0.3) is 0 Å². The first kappa shape index (κ1) is 17.1. The number of carbonyl (C=O) groups excluding carboxylic acids is 1. The summed E-state index contributed by atoms with van der Waals surface area (Å²) in [5.74, 6) is 0.849. The zero-order chi connectivity index (χ0) is 17.6. The van der Waals surface area contributed by atoms with Gasteiger partial charge in [-0.25, -0.2) is 9.78 Å². The zero-order valence-electron chi connectivity index (χ0n) is 14.7. The molecule has 25 heavy (non-hydrogen) atoms. The maximum atomic E-state index is 12.4. The smallest absolute Gasteiger partial charge is 0.321 e. The molecule has 1 aliphatic heterocycles. The van der Waals surface area contributed by atoms with E-state index in [1.54, 1.807) is 11.2 Å². The van der Waals surface area contributed by atoms with Crippen LogP contribution < -0.4 is 15.0 Å². The van der Waals surface area contributed by atoms with Gasteiger partial charge in [-0.3, -0.25) is 4.90 Å². The number of carbonyl (C=O) groups is 1. The maximum absolute atomic E-state index is 12.4. The fourth-order valence-corrected chi connectivity index (χ4v) is 2.92. The van der Waals surface area contributed by atoms with Crippen molar-refractivity contribution in [3.63, 3.8) is 0 Å². The molecular formula is C19H24N4O2. The number of hydrogen-bond donors (Lipinski definition) is 2. The molecule has 1 aliphatic rings. The number of rotatable bonds is 5. The molecule has 0 saturated carbocycles. The topological polar surface area (TPSA) is 70.2 Å². The monoisotopic (exact) mass is 340 g/mol. The molecule has 2 aromatic rings. The van der Waals surface area contributed by atoms with Gasteiger partial charge in [-0.05, 0) is 43.2 Å². The van der Waals surface area contributed by atoms with Crippen LogP contribution in [0.2, 0.25) is 0 Å². The van der Waals surface area contributed by atoms with E-state index in [-0.39, 0.29) is 6.03 Å². The Bertz CT molecular complexity index is 753. The molecule has 0 bridgehead atoms. The van der Waals surface area contributed by atoms with Gasteiger partial charge in [0.2, 0.25) is 0 Å². The second-order valence-corrected chi connectivity index (χ2v) is 5.92. The summed E-state index contributed by atoms with van der Waals surface area (Å²) in [6.07, 6.45) is 7.33. The number of benzene rings is 1. The predicted molar refractivity (Wildman–Crippen MR) is 99.7 cm³/mol. The van der Waals surface area contributed by atoms with Crippen molar-refractivity contribution < 1.29 is 9.53 Å². The maximum Gasteiger partial charge on any atom is 0.321 e. The van der Waals surface area contributed by atoms with E-state index in [0.717, 1.165) is 35.5 Å². The third-order valence-electron chi connectivity index (χ3n) is 4.18. The second kappa shape index (κ2) is 7.88. The van der Waals surface area contributed by atoms with E-state index >= 15 is 0 Å². The van der Waals surface area contributed by atoms with E-state index in [9.17, 15) is 4.79 Å². The molecule has 0 aliphatic carbocycles. The first-order chi connectivity index (χ1) is 12.2. The van der Waals surface area contributed by atoms with Crippen LogP contribution >= 0.6 is 0 Å². The molecule has 0 radical (unpaired) electrons. The van der Waals surface area contributed by atoms with E-state index < -0.39 is 0 Å². The van der Waals surface area contributed by atoms with Crippen molar-refractivity contribution in [2.75, 3.05) is 24.6 Å². The molecule has 2 amide bonds. The van der Waals surface area contributed by atoms with Crippen molar-refractivity contribution in [2.45, 2.75) is 26.7 Å². The summed E-state index contributed by atoms with van der Waals surface area (Å²) in [7, 11) is 0. The van der Waals surface area contributed by atoms with Gasteiger partial charge in [-0.15, -0.1) is 0 Å². The van der Waals surface area contributed by atoms with Crippen molar-refractivity contribution in [2.24, 2.45) is 0 Å². The lowest BCUT2D eigenvalue weighted by molar-refractivity contribution is 0.246. The van der Waals surface area contributed by atoms with Crippen LogP contribution in [0.3, 0.4) is 0 Å². The minimum Gasteiger partial charge on any atom is -0.493 e. The molecule has 2 N–H and O–H groups in total. The van der Waals surface area contributed by atoms with Crippen molar-refractivity contribution in [1.29, 1.82) is 0 Å². The van der Waals surface area contributed by atoms with E-state index in [1.807, 2.05) is 38.2 Å². The zero-order valence-corrected chi connectivity index (χ0v) is 14.7. The molecule has 0 spiro atoms. The third kappa shape index (κ3) is 3.84. The number of H-pyrrole nitrogens is 1. The van der Waals surface area contributed by atoms with Gasteiger partial charge in [-0.1, -0.05) is 6.92 Å². The molecule has 2 heterocycles. The van der Waals surface area contributed by atoms with Crippen molar-refractivity contribution in [1.82, 2.24) is 15.3 Å². The van der Waals surface area contributed by atoms with E-state index in [1.165, 1.54) is 5.57 Å². The highest BCUT2D eigenvalue weighted by atomic mass is 16.5. The fraction of sp³-hybridized carbons (Fsp3) is 0.368. The summed E-state index contributed by atoms with van der Waals surface area (Å²) >= 11 is 0. The van der Waals surface area contributed by atoms with Crippen LogP contribution in [-0.2, 0) is 0 Å². The van der Waals surface area contributed by atoms with Crippen LogP contribution in [0.1, 0.15) is 37.9 Å². The summed E-state index contributed by atoms with van der Waals surface area (Å²) in [4.78, 5) is 21.4. The number of urea groups is 1. The standard InChI is InChI=1S/C19H24N4O2/c1-3-8-21-19(24)23(4-2)16-5-6-18-17(11-16)14(7-9-25-18)10-15-12-20-13-22-15/h5-6,10-13H,3-4,7-9H2,1-2H3,(H,20,22)(H,21,24)/b14-10+. The van der Waals surface area contributed by atoms with Crippen molar-refractivity contribution in [3.8, 4) is 5.75 Å². The third-order valence-corrected chi connectivity index (χ3v) is 4.18. The van der Waals surface area contributed by atoms with Gasteiger partial charge in [0, 0.05) is 37.0 Å². The molecule has 6 nitrogen and oxygen atoms in total. The van der Waals surface area contributed by atoms with E-state index in [4.69, 9.17) is 4.74 Å². The molecule has 1 aromatic heterocycles. The number of nitrogens with zero attached hydrogens (tertiary/aromatic N) is 2. The van der Waals surface area contributed by atoms with Gasteiger partial charge in [-0.2, -0.15) is 0 Å². The number of aromatic amines is 1. The number of amides is 2. The minimum atomic E-state index is -0.0705. The molecule has 0 fully saturated rings. The molecule has 132 valence electrons. The summed E-state index contributed by atoms with van der Waals surface area (Å²) in [5, 5.41) is 2.94. The molecule has 6 heteroatoms. The molecule has 1 aromatic carbocycles. The number of anilines is 1. The van der Waals surface area contributed by atoms with Gasteiger partial charge in [0.15, 0.2) is 0 Å². The first-order valence-corrected chi connectivity index (χ1v) is 8.74. The number of imidazole rings is 1. The number of nitrogens with one attached hydrogen (secondary N) is 2. The van der Waals surface area contributed by atoms with Crippen LogP contribution in [0.15, 0.2) is 30.7 Å². The Hall–Kier alpha value is -2.76. The van der Waals surface area contributed by atoms with Crippen molar-refractivity contribution in [3.05, 3.63) is 42.0 Å². The first-order valence-electron chi connectivity index (χ1n) is 8.74. The van der Waals surface area contributed by atoms with Crippen LogP contribution in [0.4, 0.5) is 10.5 Å². The van der Waals surface area contributed by atoms with Crippen LogP contribution in [0, 0.1) is 0 Å². The Morgan fingerprint density at radius 1 is 1.44 bits per heavy atom. The summed E-state index contributed by atoms with van der Waals surface area (Å²) < 4.78 is 5.78. The lowest BCUT2D eigenvalue weighted by Crippen LogP contribution is -2.40. The minimum absolute atomic E-state index is 0.0705. The Kier molecular flexibility index (Phi) is 5.38.